The van der Waals surface area contributed by atoms with E-state index in [0.717, 1.165) is 5.69 Å². The molecule has 15 heavy (non-hydrogen) atoms. The Labute approximate surface area is 101 Å². The Morgan fingerprint density at radius 2 is 1.80 bits per heavy atom. The molecule has 82 valence electrons. The average molecular weight is 244 g/mol. The van der Waals surface area contributed by atoms with Gasteiger partial charge in [-0.1, -0.05) is 48.5 Å². The molecule has 0 aromatic heterocycles. The van der Waals surface area contributed by atoms with Gasteiger partial charge in [-0.2, -0.15) is 0 Å². The van der Waals surface area contributed by atoms with E-state index >= 15 is 0 Å². The zero-order valence-corrected chi connectivity index (χ0v) is 10.1. The van der Waals surface area contributed by atoms with Crippen LogP contribution in [-0.2, 0) is 0 Å². The number of anilines is 1. The predicted octanol–water partition coefficient (Wildman–Crippen LogP) is 4.74. The van der Waals surface area contributed by atoms with E-state index in [1.54, 1.807) is 0 Å². The quantitative estimate of drug-likeness (QED) is 0.792. The number of hydrogen-bond acceptors (Lipinski definition) is 1. The van der Waals surface area contributed by atoms with Gasteiger partial charge in [-0.3, -0.25) is 0 Å². The summed E-state index contributed by atoms with van der Waals surface area (Å²) in [6, 6.07) is 6.30. The van der Waals surface area contributed by atoms with Gasteiger partial charge in [-0.15, -0.1) is 0 Å². The van der Waals surface area contributed by atoms with Crippen LogP contribution in [0.5, 0.6) is 0 Å². The molecule has 1 fully saturated rings. The van der Waals surface area contributed by atoms with Crippen molar-refractivity contribution in [3.63, 3.8) is 0 Å². The lowest BCUT2D eigenvalue weighted by Crippen LogP contribution is -2.22. The van der Waals surface area contributed by atoms with Crippen molar-refractivity contribution in [1.82, 2.24) is 0 Å². The molecule has 0 atom stereocenters. The molecule has 0 heterocycles. The summed E-state index contributed by atoms with van der Waals surface area (Å²) in [5, 5.41) is 4.74. The van der Waals surface area contributed by atoms with Crippen LogP contribution in [0, 0.1) is 0 Å². The Kier molecular flexibility index (Phi) is 3.76. The summed E-state index contributed by atoms with van der Waals surface area (Å²) in [6.07, 6.45) is 6.47. The van der Waals surface area contributed by atoms with Gasteiger partial charge in [0, 0.05) is 6.04 Å². The minimum Gasteiger partial charge on any atom is -0.381 e. The minimum absolute atomic E-state index is 0.565. The van der Waals surface area contributed by atoms with Gasteiger partial charge in [0.25, 0.3) is 0 Å². The molecule has 0 saturated heterocycles. The standard InChI is InChI=1S/C12H15Cl2N/c13-10-7-4-8-11(12(10)14)15-9-5-2-1-3-6-9/h4,7-9,15H,1-3,5-6H2. The third kappa shape index (κ3) is 2.79. The highest BCUT2D eigenvalue weighted by atomic mass is 35.5. The van der Waals surface area contributed by atoms with Crippen molar-refractivity contribution in [2.24, 2.45) is 0 Å². The first-order valence-corrected chi connectivity index (χ1v) is 6.23. The summed E-state index contributed by atoms with van der Waals surface area (Å²) in [5.74, 6) is 0. The summed E-state index contributed by atoms with van der Waals surface area (Å²) in [4.78, 5) is 0. The van der Waals surface area contributed by atoms with Crippen LogP contribution < -0.4 is 5.32 Å². The van der Waals surface area contributed by atoms with Crippen molar-refractivity contribution < 1.29 is 0 Å². The Morgan fingerprint density at radius 3 is 2.53 bits per heavy atom. The molecule has 1 nitrogen and oxygen atoms in total. The second-order valence-corrected chi connectivity index (χ2v) is 4.87. The lowest BCUT2D eigenvalue weighted by molar-refractivity contribution is 0.463. The monoisotopic (exact) mass is 243 g/mol. The molecule has 0 spiro atoms. The highest BCUT2D eigenvalue weighted by molar-refractivity contribution is 6.43. The molecule has 0 aliphatic heterocycles. The molecule has 1 aliphatic rings. The van der Waals surface area contributed by atoms with Crippen molar-refractivity contribution in [2.45, 2.75) is 38.1 Å². The smallest absolute Gasteiger partial charge is 0.0823 e. The van der Waals surface area contributed by atoms with Crippen molar-refractivity contribution in [1.29, 1.82) is 0 Å². The van der Waals surface area contributed by atoms with Crippen LogP contribution in [0.15, 0.2) is 18.2 Å². The summed E-state index contributed by atoms with van der Waals surface area (Å²) >= 11 is 12.1. The summed E-state index contributed by atoms with van der Waals surface area (Å²) in [5.41, 5.74) is 0.969. The largest absolute Gasteiger partial charge is 0.381 e. The van der Waals surface area contributed by atoms with Gasteiger partial charge in [0.05, 0.1) is 15.7 Å². The van der Waals surface area contributed by atoms with E-state index in [-0.39, 0.29) is 0 Å². The van der Waals surface area contributed by atoms with E-state index in [9.17, 15) is 0 Å². The van der Waals surface area contributed by atoms with Crippen LogP contribution >= 0.6 is 23.2 Å². The summed E-state index contributed by atoms with van der Waals surface area (Å²) in [6.45, 7) is 0. The van der Waals surface area contributed by atoms with E-state index in [4.69, 9.17) is 23.2 Å². The maximum atomic E-state index is 6.12. The molecule has 2 rings (SSSR count). The average Bonchev–Trinajstić information content (AvgIpc) is 2.26. The SMILES string of the molecule is Clc1cccc(NC2CCCCC2)c1Cl. The van der Waals surface area contributed by atoms with Gasteiger partial charge in [0.2, 0.25) is 0 Å². The van der Waals surface area contributed by atoms with E-state index < -0.39 is 0 Å². The fourth-order valence-electron chi connectivity index (χ4n) is 2.08. The Balaban J connectivity index is 2.06. The highest BCUT2D eigenvalue weighted by Crippen LogP contribution is 2.31. The number of halogens is 2. The van der Waals surface area contributed by atoms with Gasteiger partial charge in [-0.05, 0) is 25.0 Å². The van der Waals surface area contributed by atoms with Crippen molar-refractivity contribution >= 4 is 28.9 Å². The van der Waals surface area contributed by atoms with Crippen molar-refractivity contribution in [3.8, 4) is 0 Å². The van der Waals surface area contributed by atoms with Crippen LogP contribution in [0.3, 0.4) is 0 Å². The molecule has 0 unspecified atom stereocenters. The Morgan fingerprint density at radius 1 is 1.07 bits per heavy atom. The van der Waals surface area contributed by atoms with Crippen LogP contribution in [0.2, 0.25) is 10.0 Å². The molecule has 0 bridgehead atoms. The Hall–Kier alpha value is -0.400. The predicted molar refractivity (Wildman–Crippen MR) is 67.0 cm³/mol. The van der Waals surface area contributed by atoms with Crippen LogP contribution in [0.1, 0.15) is 32.1 Å². The van der Waals surface area contributed by atoms with Crippen LogP contribution in [-0.4, -0.2) is 6.04 Å². The van der Waals surface area contributed by atoms with E-state index in [1.807, 2.05) is 18.2 Å². The van der Waals surface area contributed by atoms with Gasteiger partial charge in [0.1, 0.15) is 0 Å². The lowest BCUT2D eigenvalue weighted by atomic mass is 9.95. The molecule has 0 radical (unpaired) electrons. The first-order valence-electron chi connectivity index (χ1n) is 5.48. The van der Waals surface area contributed by atoms with Crippen molar-refractivity contribution in [2.75, 3.05) is 5.32 Å². The lowest BCUT2D eigenvalue weighted by Gasteiger charge is -2.24. The molecule has 1 aliphatic carbocycles. The number of rotatable bonds is 2. The summed E-state index contributed by atoms with van der Waals surface area (Å²) in [7, 11) is 0. The van der Waals surface area contributed by atoms with Gasteiger partial charge in [0.15, 0.2) is 0 Å². The number of hydrogen-bond donors (Lipinski definition) is 1. The van der Waals surface area contributed by atoms with E-state index in [2.05, 4.69) is 5.32 Å². The molecule has 3 heteroatoms. The van der Waals surface area contributed by atoms with Crippen LogP contribution in [0.4, 0.5) is 5.69 Å². The summed E-state index contributed by atoms with van der Waals surface area (Å²) < 4.78 is 0. The van der Waals surface area contributed by atoms with Gasteiger partial charge >= 0.3 is 0 Å². The molecule has 0 amide bonds. The second kappa shape index (κ2) is 5.09. The maximum absolute atomic E-state index is 6.12. The molecular formula is C12H15Cl2N. The minimum atomic E-state index is 0.565. The van der Waals surface area contributed by atoms with Gasteiger partial charge < -0.3 is 5.32 Å². The highest BCUT2D eigenvalue weighted by Gasteiger charge is 2.14. The third-order valence-corrected chi connectivity index (χ3v) is 3.74. The molecule has 1 aromatic rings. The normalized spacial score (nSPS) is 17.7. The first kappa shape index (κ1) is 11.1. The fraction of sp³-hybridized carbons (Fsp3) is 0.500. The topological polar surface area (TPSA) is 12.0 Å². The molecule has 1 saturated carbocycles. The van der Waals surface area contributed by atoms with Gasteiger partial charge in [-0.25, -0.2) is 0 Å². The molecule has 1 aromatic carbocycles. The number of benzene rings is 1. The maximum Gasteiger partial charge on any atom is 0.0823 e. The zero-order chi connectivity index (χ0) is 10.7. The van der Waals surface area contributed by atoms with E-state index in [0.29, 0.717) is 16.1 Å². The van der Waals surface area contributed by atoms with E-state index in [1.165, 1.54) is 32.1 Å². The van der Waals surface area contributed by atoms with Crippen molar-refractivity contribution in [3.05, 3.63) is 28.2 Å². The zero-order valence-electron chi connectivity index (χ0n) is 8.60. The number of nitrogens with one attached hydrogen (secondary N) is 1. The third-order valence-electron chi connectivity index (χ3n) is 2.92. The first-order chi connectivity index (χ1) is 7.27. The Bertz CT molecular complexity index is 332. The van der Waals surface area contributed by atoms with Crippen LogP contribution in [0.25, 0.3) is 0 Å². The fourth-order valence-corrected chi connectivity index (χ4v) is 2.44. The molecule has 1 N–H and O–H groups in total. The second-order valence-electron chi connectivity index (χ2n) is 4.08. The molecular weight excluding hydrogens is 229 g/mol.